The Kier molecular flexibility index (Phi) is 6.16. The van der Waals surface area contributed by atoms with Gasteiger partial charge in [-0.05, 0) is 36.8 Å². The average Bonchev–Trinajstić information content (AvgIpc) is 3.19. The molecule has 0 aliphatic heterocycles. The van der Waals surface area contributed by atoms with Gasteiger partial charge < -0.3 is 9.73 Å². The second kappa shape index (κ2) is 8.78. The molecule has 3 rings (SSSR count). The number of aromatic nitrogens is 2. The lowest BCUT2D eigenvalue weighted by molar-refractivity contribution is -0.137. The van der Waals surface area contributed by atoms with Gasteiger partial charge >= 0.3 is 6.18 Å². The van der Waals surface area contributed by atoms with Crippen LogP contribution in [0.25, 0.3) is 11.5 Å². The number of nitrogens with zero attached hydrogens (tertiary/aromatic N) is 3. The minimum Gasteiger partial charge on any atom is -0.421 e. The van der Waals surface area contributed by atoms with E-state index in [0.29, 0.717) is 5.89 Å². The molecule has 1 heterocycles. The number of halogens is 3. The summed E-state index contributed by atoms with van der Waals surface area (Å²) in [5, 5.41) is 19.6. The van der Waals surface area contributed by atoms with Crippen molar-refractivity contribution in [3.05, 3.63) is 71.1 Å². The SMILES string of the molecule is Cc1ccc(-c2nnc(CCC(=O)NC(C#N)c3ccc(C(F)(F)F)cc3)o2)cc1. The van der Waals surface area contributed by atoms with Gasteiger partial charge in [0, 0.05) is 18.4 Å². The molecule has 0 aliphatic rings. The number of aryl methyl sites for hydroxylation is 2. The molecule has 9 heteroatoms. The summed E-state index contributed by atoms with van der Waals surface area (Å²) in [5.41, 5.74) is 1.29. The van der Waals surface area contributed by atoms with Gasteiger partial charge in [0.15, 0.2) is 0 Å². The molecule has 1 unspecified atom stereocenters. The fourth-order valence-corrected chi connectivity index (χ4v) is 2.68. The van der Waals surface area contributed by atoms with Gasteiger partial charge in [0.1, 0.15) is 6.04 Å². The monoisotopic (exact) mass is 414 g/mol. The smallest absolute Gasteiger partial charge is 0.416 e. The topological polar surface area (TPSA) is 91.8 Å². The van der Waals surface area contributed by atoms with Gasteiger partial charge in [-0.15, -0.1) is 10.2 Å². The van der Waals surface area contributed by atoms with Crippen molar-refractivity contribution in [2.75, 3.05) is 0 Å². The molecule has 0 radical (unpaired) electrons. The van der Waals surface area contributed by atoms with Crippen LogP contribution in [0.4, 0.5) is 13.2 Å². The number of rotatable bonds is 6. The summed E-state index contributed by atoms with van der Waals surface area (Å²) in [6.45, 7) is 1.96. The number of benzene rings is 2. The Morgan fingerprint density at radius 3 is 2.40 bits per heavy atom. The maximum absolute atomic E-state index is 12.6. The van der Waals surface area contributed by atoms with Crippen molar-refractivity contribution in [2.45, 2.75) is 32.0 Å². The van der Waals surface area contributed by atoms with Gasteiger partial charge in [-0.1, -0.05) is 29.8 Å². The van der Waals surface area contributed by atoms with Crippen molar-refractivity contribution in [3.8, 4) is 17.5 Å². The van der Waals surface area contributed by atoms with E-state index in [-0.39, 0.29) is 24.3 Å². The normalized spacial score (nSPS) is 12.2. The Morgan fingerprint density at radius 2 is 1.80 bits per heavy atom. The fourth-order valence-electron chi connectivity index (χ4n) is 2.68. The Balaban J connectivity index is 1.57. The summed E-state index contributed by atoms with van der Waals surface area (Å²) in [5.74, 6) is 0.144. The van der Waals surface area contributed by atoms with E-state index < -0.39 is 23.7 Å². The Labute approximate surface area is 170 Å². The van der Waals surface area contributed by atoms with Crippen molar-refractivity contribution in [1.82, 2.24) is 15.5 Å². The van der Waals surface area contributed by atoms with Crippen LogP contribution in [0.2, 0.25) is 0 Å². The van der Waals surface area contributed by atoms with Crippen LogP contribution < -0.4 is 5.32 Å². The third kappa shape index (κ3) is 5.23. The van der Waals surface area contributed by atoms with Crippen molar-refractivity contribution in [3.63, 3.8) is 0 Å². The summed E-state index contributed by atoms with van der Waals surface area (Å²) >= 11 is 0. The molecule has 30 heavy (non-hydrogen) atoms. The first-order chi connectivity index (χ1) is 14.3. The minimum absolute atomic E-state index is 0.0195. The molecule has 0 bridgehead atoms. The highest BCUT2D eigenvalue weighted by Gasteiger charge is 2.30. The second-order valence-electron chi connectivity index (χ2n) is 6.62. The molecule has 0 aliphatic carbocycles. The molecule has 1 N–H and O–H groups in total. The lowest BCUT2D eigenvalue weighted by Gasteiger charge is -2.13. The third-order valence-corrected chi connectivity index (χ3v) is 4.34. The van der Waals surface area contributed by atoms with E-state index in [1.165, 1.54) is 12.1 Å². The predicted octanol–water partition coefficient (Wildman–Crippen LogP) is 4.38. The van der Waals surface area contributed by atoms with Crippen LogP contribution >= 0.6 is 0 Å². The van der Waals surface area contributed by atoms with E-state index in [2.05, 4.69) is 15.5 Å². The molecule has 0 saturated carbocycles. The number of hydrogen-bond donors (Lipinski definition) is 1. The van der Waals surface area contributed by atoms with Gasteiger partial charge in [-0.2, -0.15) is 18.4 Å². The van der Waals surface area contributed by atoms with Crippen LogP contribution in [0.3, 0.4) is 0 Å². The number of alkyl halides is 3. The summed E-state index contributed by atoms with van der Waals surface area (Å²) < 4.78 is 43.5. The number of nitrogens with one attached hydrogen (secondary N) is 1. The third-order valence-electron chi connectivity index (χ3n) is 4.34. The Hall–Kier alpha value is -3.67. The van der Waals surface area contributed by atoms with Crippen LogP contribution in [0, 0.1) is 18.3 Å². The molecule has 1 aromatic heterocycles. The van der Waals surface area contributed by atoms with Crippen LogP contribution in [0.15, 0.2) is 52.9 Å². The zero-order valence-electron chi connectivity index (χ0n) is 15.9. The molecular formula is C21H17F3N4O2. The van der Waals surface area contributed by atoms with E-state index in [4.69, 9.17) is 4.42 Å². The zero-order valence-corrected chi connectivity index (χ0v) is 15.9. The van der Waals surface area contributed by atoms with E-state index in [1.807, 2.05) is 37.3 Å². The van der Waals surface area contributed by atoms with Gasteiger partial charge in [0.2, 0.25) is 17.7 Å². The Bertz CT molecular complexity index is 1050. The molecule has 0 saturated heterocycles. The standard InChI is InChI=1S/C21H17F3N4O2/c1-13-2-4-15(5-3-13)20-28-27-19(30-20)11-10-18(29)26-17(12-25)14-6-8-16(9-7-14)21(22,23)24/h2-9,17H,10-11H2,1H3,(H,26,29). The van der Waals surface area contributed by atoms with E-state index in [1.54, 1.807) is 0 Å². The lowest BCUT2D eigenvalue weighted by atomic mass is 10.1. The van der Waals surface area contributed by atoms with Crippen molar-refractivity contribution >= 4 is 5.91 Å². The predicted molar refractivity (Wildman–Crippen MR) is 101 cm³/mol. The van der Waals surface area contributed by atoms with Gasteiger partial charge in [0.05, 0.1) is 11.6 Å². The number of carbonyl (C=O) groups is 1. The molecule has 1 atom stereocenters. The van der Waals surface area contributed by atoms with E-state index in [0.717, 1.165) is 23.3 Å². The summed E-state index contributed by atoms with van der Waals surface area (Å²) in [6.07, 6.45) is -4.32. The summed E-state index contributed by atoms with van der Waals surface area (Å²) in [7, 11) is 0. The maximum atomic E-state index is 12.6. The molecule has 1 amide bonds. The molecule has 0 fully saturated rings. The molecule has 6 nitrogen and oxygen atoms in total. The molecular weight excluding hydrogens is 397 g/mol. The van der Waals surface area contributed by atoms with Gasteiger partial charge in [-0.3, -0.25) is 4.79 Å². The average molecular weight is 414 g/mol. The van der Waals surface area contributed by atoms with Gasteiger partial charge in [0.25, 0.3) is 0 Å². The van der Waals surface area contributed by atoms with Crippen LogP contribution in [-0.2, 0) is 17.4 Å². The highest BCUT2D eigenvalue weighted by atomic mass is 19.4. The second-order valence-corrected chi connectivity index (χ2v) is 6.62. The molecule has 2 aromatic carbocycles. The maximum Gasteiger partial charge on any atom is 0.416 e. The fraction of sp³-hybridized carbons (Fsp3) is 0.238. The Morgan fingerprint density at radius 1 is 1.13 bits per heavy atom. The summed E-state index contributed by atoms with van der Waals surface area (Å²) in [4.78, 5) is 12.2. The number of hydrogen-bond acceptors (Lipinski definition) is 5. The molecule has 3 aromatic rings. The number of nitriles is 1. The van der Waals surface area contributed by atoms with Crippen molar-refractivity contribution < 1.29 is 22.4 Å². The first-order valence-electron chi connectivity index (χ1n) is 9.02. The largest absolute Gasteiger partial charge is 0.421 e. The number of carbonyl (C=O) groups excluding carboxylic acids is 1. The van der Waals surface area contributed by atoms with Crippen LogP contribution in [0.1, 0.15) is 35.0 Å². The lowest BCUT2D eigenvalue weighted by Crippen LogP contribution is -2.27. The van der Waals surface area contributed by atoms with E-state index in [9.17, 15) is 23.2 Å². The first kappa shape index (κ1) is 21.0. The van der Waals surface area contributed by atoms with Gasteiger partial charge in [-0.25, -0.2) is 0 Å². The molecule has 154 valence electrons. The van der Waals surface area contributed by atoms with Crippen LogP contribution in [0.5, 0.6) is 0 Å². The molecule has 0 spiro atoms. The number of amides is 1. The van der Waals surface area contributed by atoms with Crippen molar-refractivity contribution in [2.24, 2.45) is 0 Å². The summed E-state index contributed by atoms with van der Waals surface area (Å²) in [6, 6.07) is 12.4. The first-order valence-corrected chi connectivity index (χ1v) is 9.02. The van der Waals surface area contributed by atoms with Crippen LogP contribution in [-0.4, -0.2) is 16.1 Å². The quantitative estimate of drug-likeness (QED) is 0.646. The van der Waals surface area contributed by atoms with Crippen molar-refractivity contribution in [1.29, 1.82) is 5.26 Å². The highest BCUT2D eigenvalue weighted by molar-refractivity contribution is 5.77. The van der Waals surface area contributed by atoms with E-state index >= 15 is 0 Å². The zero-order chi connectivity index (χ0) is 21.7. The minimum atomic E-state index is -4.47. The highest BCUT2D eigenvalue weighted by Crippen LogP contribution is 2.30.